The van der Waals surface area contributed by atoms with Crippen molar-refractivity contribution in [3.63, 3.8) is 0 Å². The first-order valence-corrected chi connectivity index (χ1v) is 11.8. The van der Waals surface area contributed by atoms with Crippen LogP contribution in [0.3, 0.4) is 0 Å². The predicted octanol–water partition coefficient (Wildman–Crippen LogP) is 4.38. The fourth-order valence-electron chi connectivity index (χ4n) is 3.62. The van der Waals surface area contributed by atoms with E-state index in [-0.39, 0.29) is 37.0 Å². The summed E-state index contributed by atoms with van der Waals surface area (Å²) in [5, 5.41) is 1.03. The number of amides is 1. The van der Waals surface area contributed by atoms with Crippen molar-refractivity contribution in [2.75, 3.05) is 26.2 Å². The van der Waals surface area contributed by atoms with Crippen LogP contribution in [0.1, 0.15) is 20.8 Å². The number of sulfonamides is 1. The zero-order chi connectivity index (χ0) is 22.4. The first-order valence-electron chi connectivity index (χ1n) is 9.54. The molecule has 0 radical (unpaired) electrons. The molecular weight excluding hydrogens is 449 g/mol. The lowest BCUT2D eigenvalue weighted by Crippen LogP contribution is -2.50. The summed E-state index contributed by atoms with van der Waals surface area (Å²) in [6.07, 6.45) is -4.53. The number of halogens is 3. The highest BCUT2D eigenvalue weighted by atomic mass is 32.2. The van der Waals surface area contributed by atoms with Gasteiger partial charge in [-0.3, -0.25) is 4.79 Å². The summed E-state index contributed by atoms with van der Waals surface area (Å²) in [4.78, 5) is 15.1. The third kappa shape index (κ3) is 4.07. The lowest BCUT2D eigenvalue weighted by Gasteiger charge is -2.34. The number of hydrogen-bond acceptors (Lipinski definition) is 4. The summed E-state index contributed by atoms with van der Waals surface area (Å²) in [6, 6.07) is 11.2. The molecule has 1 amide bonds. The number of hydrogen-bond donors (Lipinski definition) is 0. The molecule has 1 aliphatic rings. The Morgan fingerprint density at radius 3 is 2.16 bits per heavy atom. The molecule has 0 saturated carbocycles. The number of benzene rings is 2. The van der Waals surface area contributed by atoms with Crippen LogP contribution in [0.4, 0.5) is 13.2 Å². The van der Waals surface area contributed by atoms with E-state index in [0.717, 1.165) is 39.9 Å². The van der Waals surface area contributed by atoms with Gasteiger partial charge in [0, 0.05) is 30.9 Å². The van der Waals surface area contributed by atoms with Crippen LogP contribution in [-0.2, 0) is 16.2 Å². The molecule has 10 heteroatoms. The summed E-state index contributed by atoms with van der Waals surface area (Å²) in [6.45, 7) is 2.49. The molecule has 4 rings (SSSR count). The second-order valence-electron chi connectivity index (χ2n) is 7.27. The smallest absolute Gasteiger partial charge is 0.335 e. The molecular formula is C21H19F3N2O3S2. The quantitative estimate of drug-likeness (QED) is 0.574. The van der Waals surface area contributed by atoms with Crippen LogP contribution in [0.25, 0.3) is 10.1 Å². The van der Waals surface area contributed by atoms with Crippen molar-refractivity contribution in [1.29, 1.82) is 0 Å². The number of piperazine rings is 1. The Morgan fingerprint density at radius 2 is 1.58 bits per heavy atom. The van der Waals surface area contributed by atoms with Crippen LogP contribution in [-0.4, -0.2) is 49.7 Å². The second kappa shape index (κ2) is 7.92. The van der Waals surface area contributed by atoms with Gasteiger partial charge in [0.2, 0.25) is 10.0 Å². The van der Waals surface area contributed by atoms with Gasteiger partial charge in [-0.05, 0) is 48.2 Å². The number of carbonyl (C=O) groups is 1. The highest BCUT2D eigenvalue weighted by molar-refractivity contribution is 7.89. The standard InChI is InChI=1S/C21H19F3N2O3S2/c1-14-17-4-2-3-5-18(17)30-19(14)20(27)25-10-12-26(13-11-25)31(28,29)16-8-6-15(7-9-16)21(22,23)24/h2-9H,10-13H2,1H3. The van der Waals surface area contributed by atoms with Crippen molar-refractivity contribution in [3.05, 3.63) is 64.5 Å². The first kappa shape index (κ1) is 21.8. The normalized spacial score (nSPS) is 16.1. The summed E-state index contributed by atoms with van der Waals surface area (Å²) in [5.41, 5.74) is 0.00553. The van der Waals surface area contributed by atoms with Crippen molar-refractivity contribution >= 4 is 37.4 Å². The molecule has 2 heterocycles. The zero-order valence-electron chi connectivity index (χ0n) is 16.5. The Morgan fingerprint density at radius 1 is 0.968 bits per heavy atom. The summed E-state index contributed by atoms with van der Waals surface area (Å²) >= 11 is 1.42. The monoisotopic (exact) mass is 468 g/mol. The van der Waals surface area contributed by atoms with Gasteiger partial charge in [0.15, 0.2) is 0 Å². The van der Waals surface area contributed by atoms with E-state index in [2.05, 4.69) is 0 Å². The molecule has 3 aromatic rings. The largest absolute Gasteiger partial charge is 0.416 e. The maximum absolute atomic E-state index is 13.0. The lowest BCUT2D eigenvalue weighted by molar-refractivity contribution is -0.137. The molecule has 0 spiro atoms. The molecule has 1 aliphatic heterocycles. The van der Waals surface area contributed by atoms with E-state index in [0.29, 0.717) is 4.88 Å². The van der Waals surface area contributed by atoms with Crippen LogP contribution >= 0.6 is 11.3 Å². The molecule has 164 valence electrons. The van der Waals surface area contributed by atoms with Gasteiger partial charge in [-0.1, -0.05) is 18.2 Å². The van der Waals surface area contributed by atoms with E-state index in [9.17, 15) is 26.4 Å². The van der Waals surface area contributed by atoms with Crippen LogP contribution in [0, 0.1) is 6.92 Å². The van der Waals surface area contributed by atoms with E-state index in [1.165, 1.54) is 15.6 Å². The van der Waals surface area contributed by atoms with E-state index < -0.39 is 21.8 Å². The Labute approximate surface area is 181 Å². The molecule has 0 aliphatic carbocycles. The maximum Gasteiger partial charge on any atom is 0.416 e. The fourth-order valence-corrected chi connectivity index (χ4v) is 6.22. The molecule has 0 unspecified atom stereocenters. The van der Waals surface area contributed by atoms with Crippen LogP contribution in [0.2, 0.25) is 0 Å². The van der Waals surface area contributed by atoms with Crippen molar-refractivity contribution in [2.24, 2.45) is 0 Å². The molecule has 2 aromatic carbocycles. The third-order valence-electron chi connectivity index (χ3n) is 5.38. The molecule has 1 saturated heterocycles. The van der Waals surface area contributed by atoms with Crippen molar-refractivity contribution < 1.29 is 26.4 Å². The average molecular weight is 469 g/mol. The maximum atomic E-state index is 13.0. The van der Waals surface area contributed by atoms with E-state index in [1.807, 2.05) is 31.2 Å². The molecule has 0 atom stereocenters. The molecule has 5 nitrogen and oxygen atoms in total. The fraction of sp³-hybridized carbons (Fsp3) is 0.286. The number of nitrogens with zero attached hydrogens (tertiary/aromatic N) is 2. The van der Waals surface area contributed by atoms with Gasteiger partial charge in [0.1, 0.15) is 0 Å². The molecule has 0 N–H and O–H groups in total. The van der Waals surface area contributed by atoms with Gasteiger partial charge < -0.3 is 4.90 Å². The number of aryl methyl sites for hydroxylation is 1. The number of carbonyl (C=O) groups excluding carboxylic acids is 1. The Kier molecular flexibility index (Phi) is 5.57. The first-order chi connectivity index (χ1) is 14.6. The predicted molar refractivity (Wildman–Crippen MR) is 113 cm³/mol. The van der Waals surface area contributed by atoms with Crippen LogP contribution in [0.5, 0.6) is 0 Å². The number of rotatable bonds is 3. The minimum absolute atomic E-state index is 0.0824. The minimum atomic E-state index is -4.53. The minimum Gasteiger partial charge on any atom is -0.335 e. The van der Waals surface area contributed by atoms with Crippen molar-refractivity contribution in [3.8, 4) is 0 Å². The zero-order valence-corrected chi connectivity index (χ0v) is 18.1. The van der Waals surface area contributed by atoms with E-state index in [4.69, 9.17) is 0 Å². The average Bonchev–Trinajstić information content (AvgIpc) is 3.09. The number of fused-ring (bicyclic) bond motifs is 1. The van der Waals surface area contributed by atoms with Gasteiger partial charge in [-0.2, -0.15) is 17.5 Å². The summed E-state index contributed by atoms with van der Waals surface area (Å²) in [7, 11) is -3.94. The Bertz CT molecular complexity index is 1230. The van der Waals surface area contributed by atoms with Gasteiger partial charge in [-0.25, -0.2) is 8.42 Å². The Hall–Kier alpha value is -2.43. The third-order valence-corrected chi connectivity index (χ3v) is 8.56. The number of alkyl halides is 3. The SMILES string of the molecule is Cc1c(C(=O)N2CCN(S(=O)(=O)c3ccc(C(F)(F)F)cc3)CC2)sc2ccccc12. The second-order valence-corrected chi connectivity index (χ2v) is 10.3. The van der Waals surface area contributed by atoms with Gasteiger partial charge in [0.25, 0.3) is 5.91 Å². The van der Waals surface area contributed by atoms with Crippen LogP contribution in [0.15, 0.2) is 53.4 Å². The van der Waals surface area contributed by atoms with E-state index in [1.54, 1.807) is 4.90 Å². The van der Waals surface area contributed by atoms with Crippen molar-refractivity contribution in [2.45, 2.75) is 18.0 Å². The van der Waals surface area contributed by atoms with Crippen LogP contribution < -0.4 is 0 Å². The highest BCUT2D eigenvalue weighted by Gasteiger charge is 2.33. The van der Waals surface area contributed by atoms with Gasteiger partial charge in [-0.15, -0.1) is 11.3 Å². The van der Waals surface area contributed by atoms with Crippen molar-refractivity contribution in [1.82, 2.24) is 9.21 Å². The Balaban J connectivity index is 1.47. The molecule has 1 aromatic heterocycles. The van der Waals surface area contributed by atoms with E-state index >= 15 is 0 Å². The van der Waals surface area contributed by atoms with Gasteiger partial charge >= 0.3 is 6.18 Å². The molecule has 1 fully saturated rings. The highest BCUT2D eigenvalue weighted by Crippen LogP contribution is 2.32. The molecule has 0 bridgehead atoms. The molecule has 31 heavy (non-hydrogen) atoms. The summed E-state index contributed by atoms with van der Waals surface area (Å²) < 4.78 is 66.0. The summed E-state index contributed by atoms with van der Waals surface area (Å²) in [5.74, 6) is -0.134. The lowest BCUT2D eigenvalue weighted by atomic mass is 10.1. The number of thiophene rings is 1. The van der Waals surface area contributed by atoms with Gasteiger partial charge in [0.05, 0.1) is 15.3 Å². The topological polar surface area (TPSA) is 57.7 Å².